The van der Waals surface area contributed by atoms with Crippen LogP contribution in [0.4, 0.5) is 5.69 Å². The summed E-state index contributed by atoms with van der Waals surface area (Å²) in [5, 5.41) is 32.9. The molecule has 7 nitrogen and oxygen atoms in total. The minimum absolute atomic E-state index is 0.0340. The number of thiophene rings is 1. The molecule has 9 heteroatoms. The molecule has 1 fully saturated rings. The maximum Gasteiger partial charge on any atom is 0.253 e. The van der Waals surface area contributed by atoms with Crippen LogP contribution in [0, 0.1) is 11.3 Å². The van der Waals surface area contributed by atoms with Crippen molar-refractivity contribution in [2.45, 2.75) is 68.5 Å². The van der Waals surface area contributed by atoms with E-state index in [2.05, 4.69) is 16.1 Å². The molecule has 0 radical (unpaired) electrons. The average molecular weight is 450 g/mol. The largest absolute Gasteiger partial charge is 0.384 e. The molecule has 30 heavy (non-hydrogen) atoms. The third-order valence-electron chi connectivity index (χ3n) is 5.15. The van der Waals surface area contributed by atoms with Gasteiger partial charge in [-0.1, -0.05) is 27.7 Å². The predicted octanol–water partition coefficient (Wildman–Crippen LogP) is 3.51. The number of anilines is 1. The standard InChI is InChI=1S/C21H27N3O4S2/c1-12(2)15-9-14(11-22)10-16(13(3)4)19(15)23-20(25)24-30(27,28)18-6-5-17(29-18)21(26)7-8-21/h5-6,9-10,12-13,20,23-26H,7-8H2,1-4H3. The molecular formula is C21H27N3O4S2. The van der Waals surface area contributed by atoms with Crippen LogP contribution in [0.1, 0.15) is 73.9 Å². The van der Waals surface area contributed by atoms with Gasteiger partial charge in [-0.25, -0.2) is 8.42 Å². The van der Waals surface area contributed by atoms with E-state index in [0.717, 1.165) is 22.5 Å². The molecule has 0 saturated heterocycles. The maximum absolute atomic E-state index is 12.7. The number of nitriles is 1. The topological polar surface area (TPSA) is 122 Å². The highest BCUT2D eigenvalue weighted by molar-refractivity contribution is 7.91. The molecule has 0 bridgehead atoms. The molecule has 0 spiro atoms. The number of aliphatic hydroxyl groups excluding tert-OH is 1. The van der Waals surface area contributed by atoms with Crippen LogP contribution in [0.25, 0.3) is 0 Å². The second kappa shape index (κ2) is 8.29. The summed E-state index contributed by atoms with van der Waals surface area (Å²) in [6, 6.07) is 8.71. The summed E-state index contributed by atoms with van der Waals surface area (Å²) in [6.07, 6.45) is -0.314. The van der Waals surface area contributed by atoms with Crippen molar-refractivity contribution in [2.75, 3.05) is 5.32 Å². The summed E-state index contributed by atoms with van der Waals surface area (Å²) in [5.41, 5.74) is 1.88. The van der Waals surface area contributed by atoms with Crippen molar-refractivity contribution >= 4 is 27.0 Å². The van der Waals surface area contributed by atoms with Gasteiger partial charge in [0.2, 0.25) is 0 Å². The van der Waals surface area contributed by atoms with Gasteiger partial charge in [0.1, 0.15) is 4.21 Å². The Labute approximate surface area is 181 Å². The molecule has 1 saturated carbocycles. The highest BCUT2D eigenvalue weighted by Crippen LogP contribution is 2.48. The number of nitrogens with one attached hydrogen (secondary N) is 2. The van der Waals surface area contributed by atoms with E-state index >= 15 is 0 Å². The lowest BCUT2D eigenvalue weighted by atomic mass is 9.90. The first-order valence-corrected chi connectivity index (χ1v) is 12.1. The van der Waals surface area contributed by atoms with Crippen molar-refractivity contribution in [3.8, 4) is 6.07 Å². The van der Waals surface area contributed by atoms with Gasteiger partial charge in [-0.3, -0.25) is 0 Å². The molecule has 0 amide bonds. The first-order chi connectivity index (χ1) is 14.0. The van der Waals surface area contributed by atoms with Gasteiger partial charge in [-0.2, -0.15) is 9.98 Å². The normalized spacial score (nSPS) is 16.5. The molecule has 4 N–H and O–H groups in total. The van der Waals surface area contributed by atoms with Crippen LogP contribution < -0.4 is 10.0 Å². The van der Waals surface area contributed by atoms with Crippen LogP contribution in [0.15, 0.2) is 28.5 Å². The highest BCUT2D eigenvalue weighted by Gasteiger charge is 2.44. The predicted molar refractivity (Wildman–Crippen MR) is 117 cm³/mol. The van der Waals surface area contributed by atoms with E-state index < -0.39 is 22.0 Å². The van der Waals surface area contributed by atoms with E-state index in [0.29, 0.717) is 29.0 Å². The molecule has 1 unspecified atom stereocenters. The van der Waals surface area contributed by atoms with E-state index in [1.54, 1.807) is 18.2 Å². The average Bonchev–Trinajstić information content (AvgIpc) is 3.19. The summed E-state index contributed by atoms with van der Waals surface area (Å²) in [4.78, 5) is 0.613. The van der Waals surface area contributed by atoms with Crippen molar-refractivity contribution in [1.29, 1.82) is 5.26 Å². The number of aliphatic hydroxyl groups is 2. The molecule has 1 aliphatic carbocycles. The Morgan fingerprint density at radius 3 is 2.17 bits per heavy atom. The molecule has 162 valence electrons. The molecule has 1 heterocycles. The monoisotopic (exact) mass is 449 g/mol. The maximum atomic E-state index is 12.7. The Morgan fingerprint density at radius 1 is 1.13 bits per heavy atom. The van der Waals surface area contributed by atoms with Crippen LogP contribution in [0.2, 0.25) is 0 Å². The second-order valence-corrected chi connectivity index (χ2v) is 11.3. The van der Waals surface area contributed by atoms with Crippen LogP contribution in [-0.4, -0.2) is 25.0 Å². The van der Waals surface area contributed by atoms with Crippen LogP contribution in [0.5, 0.6) is 0 Å². The first-order valence-electron chi connectivity index (χ1n) is 9.84. The Morgan fingerprint density at radius 2 is 1.70 bits per heavy atom. The van der Waals surface area contributed by atoms with E-state index in [4.69, 9.17) is 0 Å². The lowest BCUT2D eigenvalue weighted by Crippen LogP contribution is -2.40. The van der Waals surface area contributed by atoms with Gasteiger partial charge >= 0.3 is 0 Å². The Bertz CT molecular complexity index is 1050. The Kier molecular flexibility index (Phi) is 6.28. The van der Waals surface area contributed by atoms with Crippen LogP contribution in [0.3, 0.4) is 0 Å². The lowest BCUT2D eigenvalue weighted by Gasteiger charge is -2.24. The van der Waals surface area contributed by atoms with Crippen LogP contribution >= 0.6 is 11.3 Å². The molecule has 0 aliphatic heterocycles. The minimum Gasteiger partial charge on any atom is -0.384 e. The first kappa shape index (κ1) is 22.7. The van der Waals surface area contributed by atoms with Gasteiger partial charge in [0.05, 0.1) is 17.2 Å². The second-order valence-electron chi connectivity index (χ2n) is 8.27. The summed E-state index contributed by atoms with van der Waals surface area (Å²) in [7, 11) is -3.98. The quantitative estimate of drug-likeness (QED) is 0.458. The molecule has 1 aliphatic rings. The SMILES string of the molecule is CC(C)c1cc(C#N)cc(C(C)C)c1NC(O)NS(=O)(=O)c1ccc(C2(O)CC2)s1. The van der Waals surface area contributed by atoms with Gasteiger partial charge in [0, 0.05) is 10.6 Å². The van der Waals surface area contributed by atoms with Crippen molar-refractivity contribution in [2.24, 2.45) is 0 Å². The zero-order valence-corrected chi connectivity index (χ0v) is 19.1. The van der Waals surface area contributed by atoms with Crippen molar-refractivity contribution in [1.82, 2.24) is 4.72 Å². The number of hydrogen-bond acceptors (Lipinski definition) is 7. The Balaban J connectivity index is 1.86. The molecule has 3 rings (SSSR count). The third kappa shape index (κ3) is 4.68. The number of hydrogen-bond donors (Lipinski definition) is 4. The van der Waals surface area contributed by atoms with E-state index in [-0.39, 0.29) is 16.0 Å². The molecule has 1 aromatic carbocycles. The van der Waals surface area contributed by atoms with Crippen molar-refractivity contribution < 1.29 is 18.6 Å². The fourth-order valence-electron chi connectivity index (χ4n) is 3.28. The zero-order valence-electron chi connectivity index (χ0n) is 17.4. The minimum atomic E-state index is -3.98. The molecule has 2 aromatic rings. The Hall–Kier alpha value is -1.96. The summed E-state index contributed by atoms with van der Waals surface area (Å²) in [6.45, 7) is 7.88. The fourth-order valence-corrected chi connectivity index (χ4v) is 5.73. The highest BCUT2D eigenvalue weighted by atomic mass is 32.2. The van der Waals surface area contributed by atoms with Gasteiger partial charge in [-0.05, 0) is 60.1 Å². The van der Waals surface area contributed by atoms with Gasteiger partial charge in [0.15, 0.2) is 6.35 Å². The van der Waals surface area contributed by atoms with Crippen molar-refractivity contribution in [3.63, 3.8) is 0 Å². The summed E-state index contributed by atoms with van der Waals surface area (Å²) < 4.78 is 27.7. The fraction of sp³-hybridized carbons (Fsp3) is 0.476. The van der Waals surface area contributed by atoms with Gasteiger partial charge < -0.3 is 15.5 Å². The number of rotatable bonds is 8. The molecule has 1 aromatic heterocycles. The molecular weight excluding hydrogens is 422 g/mol. The van der Waals surface area contributed by atoms with Gasteiger partial charge in [0.25, 0.3) is 10.0 Å². The number of benzene rings is 1. The van der Waals surface area contributed by atoms with E-state index in [9.17, 15) is 23.9 Å². The number of nitrogens with zero attached hydrogens (tertiary/aromatic N) is 1. The molecule has 1 atom stereocenters. The third-order valence-corrected chi connectivity index (χ3v) is 8.33. The van der Waals surface area contributed by atoms with E-state index in [1.807, 2.05) is 27.7 Å². The zero-order chi connectivity index (χ0) is 22.3. The van der Waals surface area contributed by atoms with E-state index in [1.165, 1.54) is 6.07 Å². The lowest BCUT2D eigenvalue weighted by molar-refractivity contribution is 0.155. The van der Waals surface area contributed by atoms with Crippen LogP contribution in [-0.2, 0) is 15.6 Å². The van der Waals surface area contributed by atoms with Crippen molar-refractivity contribution in [3.05, 3.63) is 45.8 Å². The number of sulfonamides is 1. The van der Waals surface area contributed by atoms with Gasteiger partial charge in [-0.15, -0.1) is 11.3 Å². The summed E-state index contributed by atoms with van der Waals surface area (Å²) in [5.74, 6) is 0.113. The smallest absolute Gasteiger partial charge is 0.253 e. The summed E-state index contributed by atoms with van der Waals surface area (Å²) >= 11 is 1.00.